The van der Waals surface area contributed by atoms with E-state index in [9.17, 15) is 0 Å². The van der Waals surface area contributed by atoms with Gasteiger partial charge in [-0.1, -0.05) is 20.8 Å². The molecule has 3 nitrogen and oxygen atoms in total. The Morgan fingerprint density at radius 3 is 2.36 bits per heavy atom. The summed E-state index contributed by atoms with van der Waals surface area (Å²) in [6.07, 6.45) is 2.73. The van der Waals surface area contributed by atoms with Gasteiger partial charge < -0.3 is 11.5 Å². The normalized spacial score (nSPS) is 9.21. The molecule has 1 aromatic heterocycles. The van der Waals surface area contributed by atoms with E-state index in [1.807, 2.05) is 27.0 Å². The first kappa shape index (κ1) is 12.9. The van der Waals surface area contributed by atoms with Gasteiger partial charge in [-0.2, -0.15) is 0 Å². The van der Waals surface area contributed by atoms with Gasteiger partial charge >= 0.3 is 0 Å². The Morgan fingerprint density at radius 1 is 1.36 bits per heavy atom. The third-order valence-electron chi connectivity index (χ3n) is 2.09. The van der Waals surface area contributed by atoms with Crippen LogP contribution in [-0.4, -0.2) is 4.98 Å². The minimum atomic E-state index is 0.515. The molecule has 0 aliphatic rings. The smallest absolute Gasteiger partial charge is 0.0604 e. The van der Waals surface area contributed by atoms with Crippen LogP contribution in [0.15, 0.2) is 6.20 Å². The Labute approximate surface area is 86.5 Å². The minimum absolute atomic E-state index is 0.515. The first-order valence-electron chi connectivity index (χ1n) is 5.13. The number of rotatable bonds is 2. The Morgan fingerprint density at radius 2 is 1.93 bits per heavy atom. The first-order chi connectivity index (χ1) is 6.70. The Bertz CT molecular complexity index is 282. The van der Waals surface area contributed by atoms with Gasteiger partial charge in [0.2, 0.25) is 0 Å². The quantitative estimate of drug-likeness (QED) is 0.758. The van der Waals surface area contributed by atoms with Gasteiger partial charge in [0.1, 0.15) is 0 Å². The molecule has 0 aliphatic carbocycles. The second kappa shape index (κ2) is 6.38. The molecular weight excluding hydrogens is 174 g/mol. The zero-order chi connectivity index (χ0) is 11.1. The zero-order valence-corrected chi connectivity index (χ0v) is 9.59. The van der Waals surface area contributed by atoms with E-state index in [0.717, 1.165) is 28.9 Å². The topological polar surface area (TPSA) is 64.9 Å². The van der Waals surface area contributed by atoms with Crippen molar-refractivity contribution in [1.29, 1.82) is 0 Å². The molecule has 0 amide bonds. The number of aryl methyl sites for hydroxylation is 1. The highest BCUT2D eigenvalue weighted by molar-refractivity contribution is 5.53. The van der Waals surface area contributed by atoms with Crippen molar-refractivity contribution in [1.82, 2.24) is 4.98 Å². The number of hydrogen-bond acceptors (Lipinski definition) is 3. The van der Waals surface area contributed by atoms with Crippen LogP contribution in [0.1, 0.15) is 37.6 Å². The molecule has 1 heterocycles. The van der Waals surface area contributed by atoms with Gasteiger partial charge in [0.05, 0.1) is 11.4 Å². The summed E-state index contributed by atoms with van der Waals surface area (Å²) >= 11 is 0. The van der Waals surface area contributed by atoms with Crippen LogP contribution in [0.2, 0.25) is 0 Å². The third kappa shape index (κ3) is 2.70. The number of nitrogens with zero attached hydrogens (tertiary/aromatic N) is 1. The maximum Gasteiger partial charge on any atom is 0.0604 e. The van der Waals surface area contributed by atoms with Gasteiger partial charge in [-0.05, 0) is 24.5 Å². The van der Waals surface area contributed by atoms with Crippen molar-refractivity contribution < 1.29 is 0 Å². The highest BCUT2D eigenvalue weighted by Gasteiger charge is 2.05. The van der Waals surface area contributed by atoms with Crippen molar-refractivity contribution in [2.45, 2.75) is 40.7 Å². The predicted octanol–water partition coefficient (Wildman–Crippen LogP) is 2.02. The minimum Gasteiger partial charge on any atom is -0.397 e. The molecule has 0 bridgehead atoms. The van der Waals surface area contributed by atoms with E-state index in [1.165, 1.54) is 0 Å². The molecule has 0 fully saturated rings. The van der Waals surface area contributed by atoms with Crippen LogP contribution in [0, 0.1) is 6.92 Å². The molecule has 1 aromatic rings. The molecule has 4 N–H and O–H groups in total. The van der Waals surface area contributed by atoms with Crippen LogP contribution in [0.3, 0.4) is 0 Å². The molecule has 14 heavy (non-hydrogen) atoms. The molecule has 1 rings (SSSR count). The van der Waals surface area contributed by atoms with Crippen molar-refractivity contribution in [2.75, 3.05) is 5.73 Å². The zero-order valence-electron chi connectivity index (χ0n) is 9.59. The number of anilines is 1. The fraction of sp³-hybridized carbons (Fsp3) is 0.545. The Hall–Kier alpha value is -1.09. The van der Waals surface area contributed by atoms with Crippen molar-refractivity contribution in [3.05, 3.63) is 23.0 Å². The van der Waals surface area contributed by atoms with Crippen molar-refractivity contribution in [3.8, 4) is 0 Å². The van der Waals surface area contributed by atoms with Gasteiger partial charge in [-0.25, -0.2) is 0 Å². The molecule has 0 unspecified atom stereocenters. The van der Waals surface area contributed by atoms with Gasteiger partial charge in [-0.3, -0.25) is 4.98 Å². The van der Waals surface area contributed by atoms with Crippen LogP contribution in [0.5, 0.6) is 0 Å². The average molecular weight is 195 g/mol. The maximum atomic E-state index is 5.85. The van der Waals surface area contributed by atoms with Gasteiger partial charge in [-0.15, -0.1) is 0 Å². The molecule has 0 saturated carbocycles. The maximum absolute atomic E-state index is 5.85. The van der Waals surface area contributed by atoms with E-state index in [1.54, 1.807) is 0 Å². The molecule has 0 spiro atoms. The van der Waals surface area contributed by atoms with E-state index < -0.39 is 0 Å². The molecule has 0 radical (unpaired) electrons. The number of aromatic nitrogens is 1. The van der Waals surface area contributed by atoms with Crippen LogP contribution in [-0.2, 0) is 13.0 Å². The predicted molar refractivity (Wildman–Crippen MR) is 62.0 cm³/mol. The summed E-state index contributed by atoms with van der Waals surface area (Å²) in [6, 6.07) is 0. The summed E-state index contributed by atoms with van der Waals surface area (Å²) < 4.78 is 0. The second-order valence-corrected chi connectivity index (χ2v) is 2.82. The molecule has 0 atom stereocenters. The summed E-state index contributed by atoms with van der Waals surface area (Å²) in [5.74, 6) is 0. The number of nitrogen functional groups attached to an aromatic ring is 1. The summed E-state index contributed by atoms with van der Waals surface area (Å²) in [6.45, 7) is 8.50. The number of nitrogens with two attached hydrogens (primary N) is 2. The summed E-state index contributed by atoms with van der Waals surface area (Å²) in [4.78, 5) is 4.15. The lowest BCUT2D eigenvalue weighted by atomic mass is 10.0. The van der Waals surface area contributed by atoms with E-state index >= 15 is 0 Å². The second-order valence-electron chi connectivity index (χ2n) is 2.82. The SMILES string of the molecule is CC.CCc1c(CN)cnc(C)c1N. The van der Waals surface area contributed by atoms with Crippen LogP contribution in [0.4, 0.5) is 5.69 Å². The van der Waals surface area contributed by atoms with Crippen LogP contribution < -0.4 is 11.5 Å². The number of hydrogen-bond donors (Lipinski definition) is 2. The molecule has 80 valence electrons. The largest absolute Gasteiger partial charge is 0.397 e. The molecule has 0 saturated heterocycles. The monoisotopic (exact) mass is 195 g/mol. The lowest BCUT2D eigenvalue weighted by Crippen LogP contribution is -2.07. The Kier molecular flexibility index (Phi) is 5.88. The van der Waals surface area contributed by atoms with E-state index in [0.29, 0.717) is 6.54 Å². The van der Waals surface area contributed by atoms with Crippen molar-refractivity contribution in [3.63, 3.8) is 0 Å². The van der Waals surface area contributed by atoms with Gasteiger partial charge in [0.25, 0.3) is 0 Å². The van der Waals surface area contributed by atoms with E-state index in [2.05, 4.69) is 11.9 Å². The van der Waals surface area contributed by atoms with Gasteiger partial charge in [0, 0.05) is 12.7 Å². The molecule has 3 heteroatoms. The Balaban J connectivity index is 0.000000791. The first-order valence-corrected chi connectivity index (χ1v) is 5.13. The molecular formula is C11H21N3. The molecule has 0 aliphatic heterocycles. The summed E-state index contributed by atoms with van der Waals surface area (Å²) in [5.41, 5.74) is 15.3. The third-order valence-corrected chi connectivity index (χ3v) is 2.09. The lowest BCUT2D eigenvalue weighted by Gasteiger charge is -2.10. The lowest BCUT2D eigenvalue weighted by molar-refractivity contribution is 0.974. The van der Waals surface area contributed by atoms with Crippen LogP contribution in [0.25, 0.3) is 0 Å². The van der Waals surface area contributed by atoms with Crippen molar-refractivity contribution >= 4 is 5.69 Å². The van der Waals surface area contributed by atoms with Gasteiger partial charge in [0.15, 0.2) is 0 Å². The summed E-state index contributed by atoms with van der Waals surface area (Å²) in [7, 11) is 0. The van der Waals surface area contributed by atoms with E-state index in [-0.39, 0.29) is 0 Å². The highest BCUT2D eigenvalue weighted by Crippen LogP contribution is 2.19. The average Bonchev–Trinajstić information content (AvgIpc) is 2.24. The number of pyridine rings is 1. The fourth-order valence-electron chi connectivity index (χ4n) is 1.31. The standard InChI is InChI=1S/C9H15N3.C2H6/c1-3-8-7(4-10)5-12-6(2)9(8)11;1-2/h5H,3-4,10-11H2,1-2H3;1-2H3. The van der Waals surface area contributed by atoms with E-state index in [4.69, 9.17) is 11.5 Å². The summed E-state index contributed by atoms with van der Waals surface area (Å²) in [5, 5.41) is 0. The fourth-order valence-corrected chi connectivity index (χ4v) is 1.31. The molecule has 0 aromatic carbocycles. The van der Waals surface area contributed by atoms with Crippen LogP contribution >= 0.6 is 0 Å². The highest BCUT2D eigenvalue weighted by atomic mass is 14.7. The van der Waals surface area contributed by atoms with Crippen molar-refractivity contribution in [2.24, 2.45) is 5.73 Å².